The molecule has 3 unspecified atom stereocenters. The fourth-order valence-corrected chi connectivity index (χ4v) is 8.88. The quantitative estimate of drug-likeness (QED) is 0.636. The van der Waals surface area contributed by atoms with E-state index in [1.165, 1.54) is 58.5 Å². The Bertz CT molecular complexity index is 588. The van der Waals surface area contributed by atoms with Gasteiger partial charge < -0.3 is 9.84 Å². The zero-order valence-electron chi connectivity index (χ0n) is 18.6. The first-order chi connectivity index (χ1) is 13.3. The number of ether oxygens (including phenoxy) is 1. The van der Waals surface area contributed by atoms with Gasteiger partial charge in [0.15, 0.2) is 0 Å². The van der Waals surface area contributed by atoms with Crippen molar-refractivity contribution in [1.29, 1.82) is 0 Å². The second kappa shape index (κ2) is 7.60. The summed E-state index contributed by atoms with van der Waals surface area (Å²) < 4.78 is 4.87. The molecular weight excluding hydrogens is 348 g/mol. The molecule has 0 amide bonds. The van der Waals surface area contributed by atoms with Crippen molar-refractivity contribution in [2.24, 2.45) is 46.3 Å². The zero-order chi connectivity index (χ0) is 20.1. The minimum absolute atomic E-state index is 0.0748. The van der Waals surface area contributed by atoms with Crippen LogP contribution in [-0.2, 0) is 9.53 Å². The molecule has 0 aliphatic heterocycles. The van der Waals surface area contributed by atoms with E-state index < -0.39 is 0 Å². The Morgan fingerprint density at radius 1 is 1.07 bits per heavy atom. The molecule has 3 nitrogen and oxygen atoms in total. The van der Waals surface area contributed by atoms with E-state index in [1.807, 2.05) is 0 Å². The van der Waals surface area contributed by atoms with Crippen molar-refractivity contribution in [2.45, 2.75) is 97.5 Å². The summed E-state index contributed by atoms with van der Waals surface area (Å²) in [6.07, 6.45) is 13.1. The van der Waals surface area contributed by atoms with E-state index in [1.54, 1.807) is 0 Å². The molecule has 4 rings (SSSR count). The lowest BCUT2D eigenvalue weighted by molar-refractivity contribution is -0.164. The van der Waals surface area contributed by atoms with Gasteiger partial charge in [-0.2, -0.15) is 0 Å². The van der Waals surface area contributed by atoms with Crippen LogP contribution >= 0.6 is 0 Å². The van der Waals surface area contributed by atoms with Gasteiger partial charge in [-0.15, -0.1) is 0 Å². The monoisotopic (exact) mass is 390 g/mol. The van der Waals surface area contributed by atoms with Gasteiger partial charge in [-0.25, -0.2) is 0 Å². The highest BCUT2D eigenvalue weighted by atomic mass is 16.5. The first kappa shape index (κ1) is 20.7. The normalized spacial score (nSPS) is 48.9. The Labute approximate surface area is 172 Å². The molecule has 0 saturated heterocycles. The van der Waals surface area contributed by atoms with Crippen molar-refractivity contribution in [3.05, 3.63) is 0 Å². The van der Waals surface area contributed by atoms with Crippen LogP contribution in [0.3, 0.4) is 0 Å². The highest BCUT2D eigenvalue weighted by Gasteiger charge is 2.62. The van der Waals surface area contributed by atoms with E-state index in [2.05, 4.69) is 20.8 Å². The number of aliphatic hydroxyl groups is 1. The SMILES string of the molecule is COC(=O)CC[C@@H](C)[C@H]1CC[C@@H]2C3[C@@H](CCC21C)[C@@]1(C)CCCCC1C[C@@H]3O. The Hall–Kier alpha value is -0.570. The zero-order valence-corrected chi connectivity index (χ0v) is 18.6. The average Bonchev–Trinajstić information content (AvgIpc) is 3.03. The summed E-state index contributed by atoms with van der Waals surface area (Å²) >= 11 is 0. The van der Waals surface area contributed by atoms with Gasteiger partial charge in [0, 0.05) is 6.42 Å². The maximum Gasteiger partial charge on any atom is 0.305 e. The lowest BCUT2D eigenvalue weighted by atomic mass is 9.44. The third kappa shape index (κ3) is 3.15. The minimum atomic E-state index is -0.0880. The van der Waals surface area contributed by atoms with Crippen LogP contribution in [0.1, 0.15) is 91.4 Å². The molecular formula is C25H42O3. The van der Waals surface area contributed by atoms with E-state index in [9.17, 15) is 9.90 Å². The molecule has 0 heterocycles. The average molecular weight is 391 g/mol. The fourth-order valence-electron chi connectivity index (χ4n) is 8.88. The molecule has 0 spiro atoms. The molecule has 3 heteroatoms. The predicted molar refractivity (Wildman–Crippen MR) is 112 cm³/mol. The molecule has 4 fully saturated rings. The summed E-state index contributed by atoms with van der Waals surface area (Å²) in [4.78, 5) is 11.6. The van der Waals surface area contributed by atoms with Crippen LogP contribution in [0.15, 0.2) is 0 Å². The third-order valence-corrected chi connectivity index (χ3v) is 10.4. The second-order valence-electron chi connectivity index (χ2n) is 11.4. The van der Waals surface area contributed by atoms with Gasteiger partial charge in [-0.05, 0) is 97.7 Å². The minimum Gasteiger partial charge on any atom is -0.469 e. The van der Waals surface area contributed by atoms with Gasteiger partial charge >= 0.3 is 5.97 Å². The van der Waals surface area contributed by atoms with Crippen molar-refractivity contribution < 1.29 is 14.6 Å². The van der Waals surface area contributed by atoms with Crippen molar-refractivity contribution in [3.63, 3.8) is 0 Å². The molecule has 28 heavy (non-hydrogen) atoms. The molecule has 1 N–H and O–H groups in total. The Morgan fingerprint density at radius 3 is 2.57 bits per heavy atom. The number of esters is 1. The maximum atomic E-state index is 11.6. The topological polar surface area (TPSA) is 46.5 Å². The predicted octanol–water partition coefficient (Wildman–Crippen LogP) is 5.60. The Morgan fingerprint density at radius 2 is 1.82 bits per heavy atom. The van der Waals surface area contributed by atoms with Crippen molar-refractivity contribution in [1.82, 2.24) is 0 Å². The smallest absolute Gasteiger partial charge is 0.305 e. The molecule has 0 aromatic rings. The van der Waals surface area contributed by atoms with Crippen LogP contribution in [0.5, 0.6) is 0 Å². The summed E-state index contributed by atoms with van der Waals surface area (Å²) in [5.41, 5.74) is 0.813. The van der Waals surface area contributed by atoms with E-state index in [-0.39, 0.29) is 12.1 Å². The van der Waals surface area contributed by atoms with Gasteiger partial charge in [-0.3, -0.25) is 4.79 Å². The number of aliphatic hydroxyl groups excluding tert-OH is 1. The number of rotatable bonds is 4. The molecule has 0 aromatic carbocycles. The van der Waals surface area contributed by atoms with E-state index >= 15 is 0 Å². The lowest BCUT2D eigenvalue weighted by Gasteiger charge is -2.62. The van der Waals surface area contributed by atoms with Crippen molar-refractivity contribution in [3.8, 4) is 0 Å². The van der Waals surface area contributed by atoms with Crippen LogP contribution in [0.25, 0.3) is 0 Å². The van der Waals surface area contributed by atoms with Crippen LogP contribution < -0.4 is 0 Å². The van der Waals surface area contributed by atoms with Crippen LogP contribution in [0.2, 0.25) is 0 Å². The summed E-state index contributed by atoms with van der Waals surface area (Å²) in [5.74, 6) is 3.83. The third-order valence-electron chi connectivity index (χ3n) is 10.4. The molecule has 160 valence electrons. The van der Waals surface area contributed by atoms with Gasteiger partial charge in [0.2, 0.25) is 0 Å². The first-order valence-electron chi connectivity index (χ1n) is 12.1. The number of methoxy groups -OCH3 is 1. The van der Waals surface area contributed by atoms with Crippen molar-refractivity contribution >= 4 is 5.97 Å². The molecule has 9 atom stereocenters. The van der Waals surface area contributed by atoms with Crippen molar-refractivity contribution in [2.75, 3.05) is 7.11 Å². The molecule has 0 bridgehead atoms. The van der Waals surface area contributed by atoms with Gasteiger partial charge in [0.25, 0.3) is 0 Å². The van der Waals surface area contributed by atoms with Crippen LogP contribution in [-0.4, -0.2) is 24.3 Å². The lowest BCUT2D eigenvalue weighted by Crippen LogP contribution is -2.57. The number of carbonyl (C=O) groups is 1. The second-order valence-corrected chi connectivity index (χ2v) is 11.4. The molecule has 4 aliphatic carbocycles. The highest BCUT2D eigenvalue weighted by Crippen LogP contribution is 2.68. The summed E-state index contributed by atoms with van der Waals surface area (Å²) in [6.45, 7) is 7.46. The van der Waals surface area contributed by atoms with Gasteiger partial charge in [0.05, 0.1) is 13.2 Å². The van der Waals surface area contributed by atoms with Gasteiger partial charge in [0.1, 0.15) is 0 Å². The first-order valence-corrected chi connectivity index (χ1v) is 12.1. The standard InChI is InChI=1S/C25H42O3/c1-16(8-11-22(27)28-4)18-9-10-19-23-20(12-14-25(18,19)3)24(2)13-6-5-7-17(24)15-21(23)26/h16-21,23,26H,5-15H2,1-4H3/t16-,17?,18-,19-,20-,21+,23?,24+,25?/m1/s1. The van der Waals surface area contributed by atoms with Crippen LogP contribution in [0.4, 0.5) is 0 Å². The number of carbonyl (C=O) groups excluding carboxylic acids is 1. The Kier molecular flexibility index (Phi) is 5.61. The highest BCUT2D eigenvalue weighted by molar-refractivity contribution is 5.69. The summed E-state index contributed by atoms with van der Waals surface area (Å²) in [7, 11) is 1.49. The Balaban J connectivity index is 1.53. The van der Waals surface area contributed by atoms with E-state index in [4.69, 9.17) is 4.74 Å². The van der Waals surface area contributed by atoms with Gasteiger partial charge in [-0.1, -0.05) is 33.6 Å². The fraction of sp³-hybridized carbons (Fsp3) is 0.960. The van der Waals surface area contributed by atoms with E-state index in [0.29, 0.717) is 40.9 Å². The summed E-state index contributed by atoms with van der Waals surface area (Å²) in [5, 5.41) is 11.3. The number of fused-ring (bicyclic) bond motifs is 5. The number of hydrogen-bond acceptors (Lipinski definition) is 3. The van der Waals surface area contributed by atoms with Crippen LogP contribution in [0, 0.1) is 46.3 Å². The molecule has 0 radical (unpaired) electrons. The molecule has 4 saturated carbocycles. The molecule has 0 aromatic heterocycles. The largest absolute Gasteiger partial charge is 0.469 e. The number of hydrogen-bond donors (Lipinski definition) is 1. The van der Waals surface area contributed by atoms with E-state index in [0.717, 1.165) is 24.7 Å². The maximum absolute atomic E-state index is 11.6. The summed E-state index contributed by atoms with van der Waals surface area (Å²) in [6, 6.07) is 0. The molecule has 4 aliphatic rings.